The maximum Gasteiger partial charge on any atom is 0.332 e. The Morgan fingerprint density at radius 2 is 1.71 bits per heavy atom. The summed E-state index contributed by atoms with van der Waals surface area (Å²) >= 11 is 0. The fraction of sp³-hybridized carbons (Fsp3) is 0.333. The first-order chi connectivity index (χ1) is 14.8. The van der Waals surface area contributed by atoms with E-state index in [2.05, 4.69) is 4.98 Å². The highest BCUT2D eigenvalue weighted by molar-refractivity contribution is 5.75. The van der Waals surface area contributed by atoms with Crippen molar-refractivity contribution < 1.29 is 9.84 Å². The molecule has 1 N–H and O–H groups in total. The summed E-state index contributed by atoms with van der Waals surface area (Å²) in [5, 5.41) is 11.0. The molecule has 4 aromatic rings. The highest BCUT2D eigenvalue weighted by atomic mass is 16.5. The number of aromatic nitrogens is 5. The van der Waals surface area contributed by atoms with Crippen molar-refractivity contribution in [3.05, 3.63) is 66.6 Å². The summed E-state index contributed by atoms with van der Waals surface area (Å²) in [5.41, 5.74) is -0.567. The maximum atomic E-state index is 13.3. The van der Waals surface area contributed by atoms with Crippen molar-refractivity contribution in [2.24, 2.45) is 14.1 Å². The second-order valence-electron chi connectivity index (χ2n) is 7.42. The van der Waals surface area contributed by atoms with Gasteiger partial charge >= 0.3 is 5.69 Å². The average Bonchev–Trinajstić information content (AvgIpc) is 3.18. The fourth-order valence-electron chi connectivity index (χ4n) is 3.77. The molecule has 0 bridgehead atoms. The largest absolute Gasteiger partial charge is 0.497 e. The minimum Gasteiger partial charge on any atom is -0.497 e. The lowest BCUT2D eigenvalue weighted by atomic mass is 10.1. The number of aromatic hydroxyl groups is 1. The molecule has 10 heteroatoms. The first kappa shape index (κ1) is 20.5. The third kappa shape index (κ3) is 3.02. The van der Waals surface area contributed by atoms with Crippen LogP contribution in [-0.4, -0.2) is 35.3 Å². The third-order valence-corrected chi connectivity index (χ3v) is 5.47. The van der Waals surface area contributed by atoms with Gasteiger partial charge in [-0.3, -0.25) is 23.3 Å². The third-order valence-electron chi connectivity index (χ3n) is 5.47. The topological polar surface area (TPSA) is 113 Å². The Balaban J connectivity index is 2.12. The van der Waals surface area contributed by atoms with E-state index < -0.39 is 16.8 Å². The van der Waals surface area contributed by atoms with E-state index in [1.54, 1.807) is 19.2 Å². The van der Waals surface area contributed by atoms with Crippen LogP contribution in [-0.2, 0) is 27.1 Å². The van der Waals surface area contributed by atoms with Crippen molar-refractivity contribution in [2.45, 2.75) is 26.3 Å². The zero-order chi connectivity index (χ0) is 22.4. The van der Waals surface area contributed by atoms with Gasteiger partial charge in [-0.25, -0.2) is 9.20 Å². The van der Waals surface area contributed by atoms with Crippen LogP contribution in [0.25, 0.3) is 16.9 Å². The van der Waals surface area contributed by atoms with Crippen molar-refractivity contribution in [3.8, 4) is 11.6 Å². The second kappa shape index (κ2) is 7.46. The van der Waals surface area contributed by atoms with E-state index in [-0.39, 0.29) is 34.9 Å². The molecular weight excluding hydrogens is 402 g/mol. The minimum absolute atomic E-state index is 0.00503. The SMILES string of the molecule is CCCc1c(O)n(Cc2ccc(OC)cc2)c2nc3c(c(=O)n(C)c(=O)n3C)n2c1=O. The van der Waals surface area contributed by atoms with Crippen LogP contribution in [0.15, 0.2) is 38.6 Å². The normalized spacial score (nSPS) is 11.5. The quantitative estimate of drug-likeness (QED) is 0.505. The molecular formula is C21H23N5O5. The van der Waals surface area contributed by atoms with E-state index in [1.165, 1.54) is 27.6 Å². The molecule has 0 unspecified atom stereocenters. The summed E-state index contributed by atoms with van der Waals surface area (Å²) in [5.74, 6) is 0.577. The highest BCUT2D eigenvalue weighted by Crippen LogP contribution is 2.23. The van der Waals surface area contributed by atoms with E-state index in [0.717, 1.165) is 10.1 Å². The molecule has 1 aromatic carbocycles. The predicted octanol–water partition coefficient (Wildman–Crippen LogP) is 0.762. The summed E-state index contributed by atoms with van der Waals surface area (Å²) in [6.07, 6.45) is 0.953. The number of methoxy groups -OCH3 is 1. The molecule has 0 spiro atoms. The fourth-order valence-corrected chi connectivity index (χ4v) is 3.77. The number of ether oxygens (including phenoxy) is 1. The van der Waals surface area contributed by atoms with Crippen LogP contribution in [0.4, 0.5) is 0 Å². The van der Waals surface area contributed by atoms with Crippen molar-refractivity contribution in [2.75, 3.05) is 7.11 Å². The van der Waals surface area contributed by atoms with E-state index >= 15 is 0 Å². The van der Waals surface area contributed by atoms with Gasteiger partial charge < -0.3 is 9.84 Å². The first-order valence-electron chi connectivity index (χ1n) is 9.85. The van der Waals surface area contributed by atoms with Crippen LogP contribution in [0.1, 0.15) is 24.5 Å². The molecule has 0 atom stereocenters. The molecule has 3 aromatic heterocycles. The first-order valence-corrected chi connectivity index (χ1v) is 9.85. The van der Waals surface area contributed by atoms with Gasteiger partial charge in [0.25, 0.3) is 11.1 Å². The summed E-state index contributed by atoms with van der Waals surface area (Å²) in [6.45, 7) is 2.10. The van der Waals surface area contributed by atoms with Crippen LogP contribution in [0, 0.1) is 0 Å². The monoisotopic (exact) mass is 425 g/mol. The van der Waals surface area contributed by atoms with Gasteiger partial charge in [-0.1, -0.05) is 25.5 Å². The lowest BCUT2D eigenvalue weighted by molar-refractivity contribution is 0.410. The molecule has 0 saturated heterocycles. The van der Waals surface area contributed by atoms with Crippen LogP contribution in [0.3, 0.4) is 0 Å². The summed E-state index contributed by atoms with van der Waals surface area (Å²) in [4.78, 5) is 42.9. The number of imidazole rings is 1. The number of hydrogen-bond donors (Lipinski definition) is 1. The van der Waals surface area contributed by atoms with Crippen molar-refractivity contribution in [3.63, 3.8) is 0 Å². The Labute approximate surface area is 176 Å². The van der Waals surface area contributed by atoms with Crippen LogP contribution in [0.5, 0.6) is 11.6 Å². The Bertz CT molecular complexity index is 1490. The Morgan fingerprint density at radius 3 is 2.32 bits per heavy atom. The van der Waals surface area contributed by atoms with Gasteiger partial charge in [-0.15, -0.1) is 0 Å². The summed E-state index contributed by atoms with van der Waals surface area (Å²) < 4.78 is 10.0. The predicted molar refractivity (Wildman–Crippen MR) is 115 cm³/mol. The number of benzene rings is 1. The molecule has 162 valence electrons. The molecule has 3 heterocycles. The molecule has 0 radical (unpaired) electrons. The highest BCUT2D eigenvalue weighted by Gasteiger charge is 2.23. The van der Waals surface area contributed by atoms with E-state index in [9.17, 15) is 19.5 Å². The van der Waals surface area contributed by atoms with Gasteiger partial charge in [-0.05, 0) is 24.1 Å². The molecule has 0 aliphatic rings. The van der Waals surface area contributed by atoms with Crippen molar-refractivity contribution >= 4 is 16.9 Å². The number of hydrogen-bond acceptors (Lipinski definition) is 6. The lowest BCUT2D eigenvalue weighted by Crippen LogP contribution is -2.38. The van der Waals surface area contributed by atoms with Gasteiger partial charge in [0.1, 0.15) is 5.75 Å². The Hall–Kier alpha value is -3.82. The van der Waals surface area contributed by atoms with Crippen LogP contribution < -0.4 is 21.5 Å². The van der Waals surface area contributed by atoms with Crippen LogP contribution in [0.2, 0.25) is 0 Å². The second-order valence-corrected chi connectivity index (χ2v) is 7.42. The molecule has 4 rings (SSSR count). The molecule has 10 nitrogen and oxygen atoms in total. The van der Waals surface area contributed by atoms with Gasteiger partial charge in [-0.2, -0.15) is 4.98 Å². The molecule has 0 saturated carbocycles. The number of nitrogens with zero attached hydrogens (tertiary/aromatic N) is 5. The van der Waals surface area contributed by atoms with Gasteiger partial charge in [0, 0.05) is 14.1 Å². The standard InChI is InChI=1S/C21H23N5O5/c1-5-6-14-17(27)25(11-12-7-9-13(31-4)10-8-12)20-22-16-15(26(20)18(14)28)19(29)24(3)21(30)23(16)2/h7-10,27H,5-6,11H2,1-4H3. The van der Waals surface area contributed by atoms with Crippen molar-refractivity contribution in [1.29, 1.82) is 0 Å². The van der Waals surface area contributed by atoms with Gasteiger partial charge in [0.2, 0.25) is 11.7 Å². The zero-order valence-corrected chi connectivity index (χ0v) is 17.7. The smallest absolute Gasteiger partial charge is 0.332 e. The zero-order valence-electron chi connectivity index (χ0n) is 17.7. The number of aryl methyl sites for hydroxylation is 1. The number of rotatable bonds is 5. The maximum absolute atomic E-state index is 13.3. The lowest BCUT2D eigenvalue weighted by Gasteiger charge is -2.14. The van der Waals surface area contributed by atoms with E-state index in [4.69, 9.17) is 4.74 Å². The van der Waals surface area contributed by atoms with Gasteiger partial charge in [0.05, 0.1) is 19.2 Å². The molecule has 0 aliphatic heterocycles. The van der Waals surface area contributed by atoms with Crippen LogP contribution >= 0.6 is 0 Å². The minimum atomic E-state index is -0.619. The van der Waals surface area contributed by atoms with Crippen molar-refractivity contribution in [1.82, 2.24) is 23.1 Å². The Kier molecular flexibility index (Phi) is 4.92. The molecule has 0 aliphatic carbocycles. The Morgan fingerprint density at radius 1 is 1.03 bits per heavy atom. The average molecular weight is 425 g/mol. The molecule has 31 heavy (non-hydrogen) atoms. The van der Waals surface area contributed by atoms with E-state index in [0.29, 0.717) is 18.6 Å². The number of fused-ring (bicyclic) bond motifs is 3. The summed E-state index contributed by atoms with van der Waals surface area (Å²) in [6, 6.07) is 7.26. The summed E-state index contributed by atoms with van der Waals surface area (Å²) in [7, 11) is 4.42. The van der Waals surface area contributed by atoms with Gasteiger partial charge in [0.15, 0.2) is 11.2 Å². The van der Waals surface area contributed by atoms with E-state index in [1.807, 2.05) is 19.1 Å². The molecule has 0 fully saturated rings. The molecule has 0 amide bonds.